The van der Waals surface area contributed by atoms with Crippen LogP contribution in [0.25, 0.3) is 0 Å². The second kappa shape index (κ2) is 7.46. The van der Waals surface area contributed by atoms with Crippen LogP contribution >= 0.6 is 0 Å². The van der Waals surface area contributed by atoms with E-state index in [1.54, 1.807) is 0 Å². The minimum Gasteiger partial charge on any atom is -0.465 e. The molecular weight excluding hydrogens is 260 g/mol. The van der Waals surface area contributed by atoms with Gasteiger partial charge >= 0.3 is 0 Å². The third-order valence-corrected chi connectivity index (χ3v) is 4.89. The number of hydrogen-bond donors (Lipinski definition) is 1. The lowest BCUT2D eigenvalue weighted by molar-refractivity contribution is 0.0666. The van der Waals surface area contributed by atoms with Gasteiger partial charge in [0, 0.05) is 24.7 Å². The average Bonchev–Trinajstić information content (AvgIpc) is 2.76. The number of nitrogens with one attached hydrogen (secondary N) is 1. The zero-order valence-corrected chi connectivity index (χ0v) is 14.4. The van der Waals surface area contributed by atoms with E-state index in [9.17, 15) is 0 Å². The molecule has 0 radical (unpaired) electrons. The molecule has 1 aromatic rings. The molecule has 0 amide bonds. The number of furan rings is 1. The maximum absolute atomic E-state index is 5.99. The fourth-order valence-corrected chi connectivity index (χ4v) is 3.48. The van der Waals surface area contributed by atoms with E-state index in [1.165, 1.54) is 24.9 Å². The summed E-state index contributed by atoms with van der Waals surface area (Å²) in [6, 6.07) is 2.89. The van der Waals surface area contributed by atoms with Gasteiger partial charge in [0.2, 0.25) is 0 Å². The Bertz CT molecular complexity index is 440. The van der Waals surface area contributed by atoms with Gasteiger partial charge in [0.1, 0.15) is 11.5 Å². The molecule has 120 valence electrons. The van der Waals surface area contributed by atoms with Gasteiger partial charge in [0.25, 0.3) is 0 Å². The third-order valence-electron chi connectivity index (χ3n) is 4.89. The van der Waals surface area contributed by atoms with Gasteiger partial charge in [-0.15, -0.1) is 0 Å². The second-order valence-corrected chi connectivity index (χ2v) is 6.96. The first-order valence-corrected chi connectivity index (χ1v) is 8.54. The number of aryl methyl sites for hydroxylation is 1. The second-order valence-electron chi connectivity index (χ2n) is 6.96. The van der Waals surface area contributed by atoms with Crippen LogP contribution in [0, 0.1) is 18.8 Å². The fourth-order valence-electron chi connectivity index (χ4n) is 3.48. The van der Waals surface area contributed by atoms with Crippen molar-refractivity contribution in [3.8, 4) is 0 Å². The smallest absolute Gasteiger partial charge is 0.118 e. The Labute approximate surface area is 130 Å². The molecular formula is C18H32N2O. The van der Waals surface area contributed by atoms with Crippen molar-refractivity contribution in [3.05, 3.63) is 23.2 Å². The van der Waals surface area contributed by atoms with Gasteiger partial charge < -0.3 is 9.73 Å². The van der Waals surface area contributed by atoms with E-state index in [0.29, 0.717) is 6.04 Å². The summed E-state index contributed by atoms with van der Waals surface area (Å²) < 4.78 is 5.99. The van der Waals surface area contributed by atoms with Crippen molar-refractivity contribution in [1.29, 1.82) is 0 Å². The quantitative estimate of drug-likeness (QED) is 0.805. The van der Waals surface area contributed by atoms with Crippen molar-refractivity contribution in [2.24, 2.45) is 11.8 Å². The van der Waals surface area contributed by atoms with Gasteiger partial charge in [-0.05, 0) is 51.1 Å². The Morgan fingerprint density at radius 3 is 2.81 bits per heavy atom. The highest BCUT2D eigenvalue weighted by Crippen LogP contribution is 2.28. The van der Waals surface area contributed by atoms with Crippen molar-refractivity contribution >= 4 is 0 Å². The van der Waals surface area contributed by atoms with Crippen LogP contribution in [0.2, 0.25) is 0 Å². The lowest BCUT2D eigenvalue weighted by Gasteiger charge is -2.40. The highest BCUT2D eigenvalue weighted by molar-refractivity contribution is 5.20. The first kappa shape index (κ1) is 16.6. The zero-order valence-electron chi connectivity index (χ0n) is 14.4. The summed E-state index contributed by atoms with van der Waals surface area (Å²) >= 11 is 0. The number of hydrogen-bond acceptors (Lipinski definition) is 3. The van der Waals surface area contributed by atoms with Crippen LogP contribution in [0.1, 0.15) is 57.6 Å². The lowest BCUT2D eigenvalue weighted by Crippen LogP contribution is -2.45. The molecule has 3 nitrogen and oxygen atoms in total. The van der Waals surface area contributed by atoms with E-state index in [1.807, 2.05) is 0 Å². The fraction of sp³-hybridized carbons (Fsp3) is 0.778. The van der Waals surface area contributed by atoms with Crippen molar-refractivity contribution < 1.29 is 4.42 Å². The molecule has 0 bridgehead atoms. The highest BCUT2D eigenvalue weighted by Gasteiger charge is 2.29. The molecule has 1 aromatic heterocycles. The Morgan fingerprint density at radius 1 is 1.33 bits per heavy atom. The van der Waals surface area contributed by atoms with Crippen molar-refractivity contribution in [2.45, 2.75) is 66.6 Å². The molecule has 1 N–H and O–H groups in total. The summed E-state index contributed by atoms with van der Waals surface area (Å²) in [5.74, 6) is 3.75. The molecule has 0 saturated carbocycles. The molecule has 1 aliphatic rings. The summed E-state index contributed by atoms with van der Waals surface area (Å²) in [7, 11) is 0. The number of piperidine rings is 1. The summed E-state index contributed by atoms with van der Waals surface area (Å²) in [6.45, 7) is 15.5. The molecule has 0 spiro atoms. The predicted molar refractivity (Wildman–Crippen MR) is 88.3 cm³/mol. The standard InChI is InChI=1S/C18H32N2O/c1-6-7-19-10-17-9-18(21-16(17)5)12-20-11-13(2)8-14(3)15(20)4/h9,13-15,19H,6-8,10-12H2,1-5H3. The van der Waals surface area contributed by atoms with E-state index in [4.69, 9.17) is 4.42 Å². The Kier molecular flexibility index (Phi) is 5.88. The van der Waals surface area contributed by atoms with Crippen LogP contribution in [0.3, 0.4) is 0 Å². The first-order valence-electron chi connectivity index (χ1n) is 8.54. The molecule has 1 saturated heterocycles. The van der Waals surface area contributed by atoms with Crippen molar-refractivity contribution in [1.82, 2.24) is 10.2 Å². The number of rotatable bonds is 6. The van der Waals surface area contributed by atoms with Gasteiger partial charge in [0.15, 0.2) is 0 Å². The zero-order chi connectivity index (χ0) is 15.4. The molecule has 1 aliphatic heterocycles. The SMILES string of the molecule is CCCNCc1cc(CN2CC(C)CC(C)C2C)oc1C. The van der Waals surface area contributed by atoms with Crippen LogP contribution in [0.5, 0.6) is 0 Å². The van der Waals surface area contributed by atoms with Gasteiger partial charge in [-0.25, -0.2) is 0 Å². The Morgan fingerprint density at radius 2 is 2.10 bits per heavy atom. The van der Waals surface area contributed by atoms with E-state index in [0.717, 1.165) is 43.0 Å². The van der Waals surface area contributed by atoms with Gasteiger partial charge in [-0.3, -0.25) is 4.90 Å². The van der Waals surface area contributed by atoms with Gasteiger partial charge in [0.05, 0.1) is 6.54 Å². The summed E-state index contributed by atoms with van der Waals surface area (Å²) in [5.41, 5.74) is 1.31. The Balaban J connectivity index is 1.97. The molecule has 3 atom stereocenters. The molecule has 3 unspecified atom stereocenters. The van der Waals surface area contributed by atoms with Crippen LogP contribution in [-0.2, 0) is 13.1 Å². The normalized spacial score (nSPS) is 27.2. The number of nitrogens with zero attached hydrogens (tertiary/aromatic N) is 1. The van der Waals surface area contributed by atoms with Crippen molar-refractivity contribution in [3.63, 3.8) is 0 Å². The van der Waals surface area contributed by atoms with E-state index < -0.39 is 0 Å². The summed E-state index contributed by atoms with van der Waals surface area (Å²) in [4.78, 5) is 2.58. The topological polar surface area (TPSA) is 28.4 Å². The van der Waals surface area contributed by atoms with Crippen LogP contribution < -0.4 is 5.32 Å². The van der Waals surface area contributed by atoms with Gasteiger partial charge in [-0.1, -0.05) is 20.8 Å². The molecule has 0 aliphatic carbocycles. The minimum absolute atomic E-state index is 0.647. The molecule has 2 rings (SSSR count). The van der Waals surface area contributed by atoms with E-state index in [-0.39, 0.29) is 0 Å². The average molecular weight is 292 g/mol. The van der Waals surface area contributed by atoms with Gasteiger partial charge in [-0.2, -0.15) is 0 Å². The molecule has 1 fully saturated rings. The maximum Gasteiger partial charge on any atom is 0.118 e. The lowest BCUT2D eigenvalue weighted by atomic mass is 9.86. The van der Waals surface area contributed by atoms with Crippen LogP contribution in [0.4, 0.5) is 0 Å². The highest BCUT2D eigenvalue weighted by atomic mass is 16.3. The third kappa shape index (κ3) is 4.33. The summed E-state index contributed by atoms with van der Waals surface area (Å²) in [5, 5.41) is 3.46. The maximum atomic E-state index is 5.99. The van der Waals surface area contributed by atoms with E-state index >= 15 is 0 Å². The van der Waals surface area contributed by atoms with Crippen molar-refractivity contribution in [2.75, 3.05) is 13.1 Å². The molecule has 3 heteroatoms. The molecule has 0 aromatic carbocycles. The van der Waals surface area contributed by atoms with Crippen LogP contribution in [0.15, 0.2) is 10.5 Å². The first-order chi connectivity index (χ1) is 10.0. The monoisotopic (exact) mass is 292 g/mol. The largest absolute Gasteiger partial charge is 0.465 e. The molecule has 21 heavy (non-hydrogen) atoms. The summed E-state index contributed by atoms with van der Waals surface area (Å²) in [6.07, 6.45) is 2.52. The predicted octanol–water partition coefficient (Wildman–Crippen LogP) is 3.95. The van der Waals surface area contributed by atoms with Crippen LogP contribution in [-0.4, -0.2) is 24.0 Å². The minimum atomic E-state index is 0.647. The van der Waals surface area contributed by atoms with E-state index in [2.05, 4.69) is 50.9 Å². The molecule has 2 heterocycles. The number of likely N-dealkylation sites (tertiary alicyclic amines) is 1. The Hall–Kier alpha value is -0.800.